The summed E-state index contributed by atoms with van der Waals surface area (Å²) in [5.74, 6) is 0. The van der Waals surface area contributed by atoms with Crippen molar-refractivity contribution in [2.24, 2.45) is 0 Å². The van der Waals surface area contributed by atoms with Crippen LogP contribution in [0.3, 0.4) is 0 Å². The minimum Gasteiger partial charge on any atom is -0.360 e. The van der Waals surface area contributed by atoms with E-state index in [0.717, 1.165) is 23.6 Å². The SMILES string of the molecule is C[Si](C)(C)CCOCn1ncc2c(Cl)nc(Cl)c(Br)c21. The lowest BCUT2D eigenvalue weighted by atomic mass is 10.3. The summed E-state index contributed by atoms with van der Waals surface area (Å²) in [6.45, 7) is 8.08. The molecule has 0 aliphatic rings. The second kappa shape index (κ2) is 6.32. The van der Waals surface area contributed by atoms with E-state index in [9.17, 15) is 0 Å². The van der Waals surface area contributed by atoms with Gasteiger partial charge in [0.15, 0.2) is 0 Å². The highest BCUT2D eigenvalue weighted by Crippen LogP contribution is 2.33. The highest BCUT2D eigenvalue weighted by atomic mass is 79.9. The average Bonchev–Trinajstić information content (AvgIpc) is 2.75. The van der Waals surface area contributed by atoms with E-state index in [4.69, 9.17) is 27.9 Å². The van der Waals surface area contributed by atoms with Crippen molar-refractivity contribution < 1.29 is 4.74 Å². The van der Waals surface area contributed by atoms with Gasteiger partial charge in [0, 0.05) is 14.7 Å². The van der Waals surface area contributed by atoms with Gasteiger partial charge in [-0.05, 0) is 22.0 Å². The predicted molar refractivity (Wildman–Crippen MR) is 89.4 cm³/mol. The van der Waals surface area contributed by atoms with Crippen molar-refractivity contribution in [1.82, 2.24) is 14.8 Å². The molecule has 0 aliphatic heterocycles. The molecule has 0 atom stereocenters. The first-order chi connectivity index (χ1) is 9.29. The van der Waals surface area contributed by atoms with Crippen LogP contribution in [0, 0.1) is 0 Å². The van der Waals surface area contributed by atoms with Crippen molar-refractivity contribution >= 4 is 58.1 Å². The molecule has 0 radical (unpaired) electrons. The summed E-state index contributed by atoms with van der Waals surface area (Å²) in [6.07, 6.45) is 1.67. The third-order valence-corrected chi connectivity index (χ3v) is 6.10. The fraction of sp³-hybridized carbons (Fsp3) is 0.500. The molecule has 2 rings (SSSR count). The summed E-state index contributed by atoms with van der Waals surface area (Å²) in [5, 5.41) is 5.72. The van der Waals surface area contributed by atoms with Crippen LogP contribution in [0.15, 0.2) is 10.7 Å². The highest BCUT2D eigenvalue weighted by Gasteiger charge is 2.16. The van der Waals surface area contributed by atoms with Crippen LogP contribution in [0.5, 0.6) is 0 Å². The molecule has 2 heterocycles. The number of rotatable bonds is 5. The Hall–Kier alpha value is -0.143. The van der Waals surface area contributed by atoms with E-state index < -0.39 is 8.07 Å². The number of nitrogens with zero attached hydrogens (tertiary/aromatic N) is 3. The van der Waals surface area contributed by atoms with Crippen LogP contribution in [0.4, 0.5) is 0 Å². The zero-order valence-corrected chi connectivity index (χ0v) is 15.7. The minimum atomic E-state index is -1.08. The normalized spacial score (nSPS) is 12.3. The molecular weight excluding hydrogens is 381 g/mol. The second-order valence-corrected chi connectivity index (χ2v) is 12.9. The second-order valence-electron chi connectivity index (χ2n) is 5.76. The van der Waals surface area contributed by atoms with Crippen molar-refractivity contribution in [1.29, 1.82) is 0 Å². The van der Waals surface area contributed by atoms with Crippen molar-refractivity contribution in [2.45, 2.75) is 32.4 Å². The first-order valence-corrected chi connectivity index (χ1v) is 11.5. The molecule has 2 aromatic rings. The maximum absolute atomic E-state index is 6.06. The van der Waals surface area contributed by atoms with Gasteiger partial charge in [0.1, 0.15) is 17.0 Å². The highest BCUT2D eigenvalue weighted by molar-refractivity contribution is 9.10. The van der Waals surface area contributed by atoms with Gasteiger partial charge >= 0.3 is 0 Å². The Morgan fingerprint density at radius 2 is 2.00 bits per heavy atom. The third-order valence-electron chi connectivity index (χ3n) is 2.86. The van der Waals surface area contributed by atoms with Crippen LogP contribution in [0.2, 0.25) is 36.0 Å². The number of pyridine rings is 1. The van der Waals surface area contributed by atoms with Crippen molar-refractivity contribution in [3.8, 4) is 0 Å². The van der Waals surface area contributed by atoms with E-state index in [-0.39, 0.29) is 0 Å². The number of halogens is 3. The molecule has 0 spiro atoms. The molecule has 0 aliphatic carbocycles. The molecule has 8 heteroatoms. The lowest BCUT2D eigenvalue weighted by Crippen LogP contribution is -2.22. The first-order valence-electron chi connectivity index (χ1n) is 6.23. The topological polar surface area (TPSA) is 39.9 Å². The molecule has 0 saturated heterocycles. The van der Waals surface area contributed by atoms with Crippen LogP contribution >= 0.6 is 39.1 Å². The molecule has 0 N–H and O–H groups in total. The van der Waals surface area contributed by atoms with Gasteiger partial charge in [0.2, 0.25) is 0 Å². The molecule has 20 heavy (non-hydrogen) atoms. The van der Waals surface area contributed by atoms with Gasteiger partial charge in [0.05, 0.1) is 21.6 Å². The number of fused-ring (bicyclic) bond motifs is 1. The molecule has 0 fully saturated rings. The molecule has 0 unspecified atom stereocenters. The number of ether oxygens (including phenoxy) is 1. The van der Waals surface area contributed by atoms with Gasteiger partial charge in [-0.15, -0.1) is 0 Å². The van der Waals surface area contributed by atoms with E-state index in [1.54, 1.807) is 10.9 Å². The monoisotopic (exact) mass is 395 g/mol. The van der Waals surface area contributed by atoms with Crippen LogP contribution < -0.4 is 0 Å². The molecule has 110 valence electrons. The Labute approximate surface area is 137 Å². The zero-order valence-electron chi connectivity index (χ0n) is 11.6. The van der Waals surface area contributed by atoms with Crippen LogP contribution in [0.1, 0.15) is 0 Å². The molecule has 0 saturated carbocycles. The Bertz CT molecular complexity index is 627. The summed E-state index contributed by atoms with van der Waals surface area (Å²) in [6, 6.07) is 1.12. The lowest BCUT2D eigenvalue weighted by molar-refractivity contribution is 0.0816. The predicted octanol–water partition coefficient (Wildman–Crippen LogP) is 4.81. The smallest absolute Gasteiger partial charge is 0.147 e. The first kappa shape index (κ1) is 16.2. The maximum Gasteiger partial charge on any atom is 0.147 e. The summed E-state index contributed by atoms with van der Waals surface area (Å²) >= 11 is 15.5. The van der Waals surface area contributed by atoms with E-state index in [1.165, 1.54) is 0 Å². The molecule has 0 amide bonds. The maximum atomic E-state index is 6.06. The van der Waals surface area contributed by atoms with Crippen LogP contribution in [-0.2, 0) is 11.5 Å². The quantitative estimate of drug-likeness (QED) is 0.413. The van der Waals surface area contributed by atoms with Gasteiger partial charge in [-0.3, -0.25) is 0 Å². The number of aromatic nitrogens is 3. The Morgan fingerprint density at radius 1 is 1.30 bits per heavy atom. The van der Waals surface area contributed by atoms with Gasteiger partial charge in [0.25, 0.3) is 0 Å². The van der Waals surface area contributed by atoms with Gasteiger partial charge in [-0.25, -0.2) is 9.67 Å². The zero-order chi connectivity index (χ0) is 14.9. The molecular formula is C12H16BrCl2N3OSi. The number of hydrogen-bond donors (Lipinski definition) is 0. The van der Waals surface area contributed by atoms with Gasteiger partial charge in [-0.2, -0.15) is 5.10 Å². The van der Waals surface area contributed by atoms with E-state index in [1.807, 2.05) is 0 Å². The Kier molecular flexibility index (Phi) is 5.13. The van der Waals surface area contributed by atoms with E-state index >= 15 is 0 Å². The lowest BCUT2D eigenvalue weighted by Gasteiger charge is -2.15. The molecule has 2 aromatic heterocycles. The summed E-state index contributed by atoms with van der Waals surface area (Å²) < 4.78 is 8.13. The van der Waals surface area contributed by atoms with E-state index in [0.29, 0.717) is 21.5 Å². The molecule has 4 nitrogen and oxygen atoms in total. The van der Waals surface area contributed by atoms with Crippen molar-refractivity contribution in [3.05, 3.63) is 21.0 Å². The number of hydrogen-bond acceptors (Lipinski definition) is 3. The summed E-state index contributed by atoms with van der Waals surface area (Å²) in [7, 11) is -1.08. The average molecular weight is 397 g/mol. The fourth-order valence-corrected chi connectivity index (χ4v) is 3.39. The Balaban J connectivity index is 2.15. The third kappa shape index (κ3) is 3.74. The molecule has 0 bridgehead atoms. The summed E-state index contributed by atoms with van der Waals surface area (Å²) in [5.41, 5.74) is 0.808. The van der Waals surface area contributed by atoms with Crippen molar-refractivity contribution in [3.63, 3.8) is 0 Å². The van der Waals surface area contributed by atoms with E-state index in [2.05, 4.69) is 45.7 Å². The van der Waals surface area contributed by atoms with Gasteiger partial charge in [-0.1, -0.05) is 42.8 Å². The largest absolute Gasteiger partial charge is 0.360 e. The molecule has 0 aromatic carbocycles. The standard InChI is InChI=1S/C12H16BrCl2N3OSi/c1-20(2,3)5-4-19-7-18-10-8(6-16-18)11(14)17-12(15)9(10)13/h6H,4-5,7H2,1-3H3. The van der Waals surface area contributed by atoms with Crippen LogP contribution in [0.25, 0.3) is 10.9 Å². The van der Waals surface area contributed by atoms with Crippen LogP contribution in [-0.4, -0.2) is 29.4 Å². The minimum absolute atomic E-state index is 0.325. The summed E-state index contributed by atoms with van der Waals surface area (Å²) in [4.78, 5) is 4.04. The van der Waals surface area contributed by atoms with Crippen molar-refractivity contribution in [2.75, 3.05) is 6.61 Å². The van der Waals surface area contributed by atoms with Gasteiger partial charge < -0.3 is 4.74 Å². The fourth-order valence-electron chi connectivity index (χ4n) is 1.69. The Morgan fingerprint density at radius 3 is 2.65 bits per heavy atom.